The Balaban J connectivity index is 1.29. The molecular formula is C45H38Cl2F6N8O3. The third kappa shape index (κ3) is 8.78. The minimum Gasteiger partial charge on any atom is -0.461 e. The molecule has 0 N–H and O–H groups in total. The molecule has 0 unspecified atom stereocenters. The maximum absolute atomic E-state index is 16.1. The summed E-state index contributed by atoms with van der Waals surface area (Å²) in [7, 11) is 0. The number of anilines is 2. The smallest absolute Gasteiger partial charge is 0.417 e. The van der Waals surface area contributed by atoms with Crippen molar-refractivity contribution < 1.29 is 40.6 Å². The van der Waals surface area contributed by atoms with E-state index in [1.165, 1.54) is 21.9 Å². The summed E-state index contributed by atoms with van der Waals surface area (Å²) in [6.07, 6.45) is -1.52. The van der Waals surface area contributed by atoms with Crippen molar-refractivity contribution in [1.29, 1.82) is 0 Å². The molecule has 332 valence electrons. The lowest BCUT2D eigenvalue weighted by molar-refractivity contribution is -0.138. The quantitative estimate of drug-likeness (QED) is 0.138. The number of hydrogen-bond donors (Lipinski definition) is 0. The van der Waals surface area contributed by atoms with E-state index in [2.05, 4.69) is 19.9 Å². The number of piperazine rings is 2. The maximum atomic E-state index is 16.1. The average Bonchev–Trinajstić information content (AvgIpc) is 3.28. The molecule has 2 aromatic carbocycles. The van der Waals surface area contributed by atoms with Crippen LogP contribution in [0.5, 0.6) is 11.5 Å². The Morgan fingerprint density at radius 2 is 1.02 bits per heavy atom. The molecule has 0 bridgehead atoms. The molecule has 64 heavy (non-hydrogen) atoms. The molecule has 8 rings (SSSR count). The van der Waals surface area contributed by atoms with Crippen LogP contribution in [0.15, 0.2) is 122 Å². The molecule has 6 heterocycles. The Kier molecular flexibility index (Phi) is 12.0. The van der Waals surface area contributed by atoms with Crippen LogP contribution in [0, 0.1) is 13.8 Å². The molecule has 0 saturated carbocycles. The molecule has 0 spiro atoms. The van der Waals surface area contributed by atoms with E-state index in [1.54, 1.807) is 109 Å². The average molecular weight is 924 g/mol. The van der Waals surface area contributed by atoms with Crippen molar-refractivity contribution in [3.63, 3.8) is 0 Å². The fraction of sp³-hybridized carbons (Fsp3) is 0.267. The van der Waals surface area contributed by atoms with Crippen LogP contribution in [-0.4, -0.2) is 75.0 Å². The summed E-state index contributed by atoms with van der Waals surface area (Å²) < 4.78 is 96.2. The van der Waals surface area contributed by atoms with Crippen molar-refractivity contribution in [1.82, 2.24) is 29.7 Å². The summed E-state index contributed by atoms with van der Waals surface area (Å²) in [6, 6.07) is 20.6. The molecule has 2 fully saturated rings. The van der Waals surface area contributed by atoms with Crippen molar-refractivity contribution in [3.8, 4) is 11.5 Å². The van der Waals surface area contributed by atoms with Crippen molar-refractivity contribution in [2.24, 2.45) is 0 Å². The van der Waals surface area contributed by atoms with E-state index < -0.39 is 41.0 Å². The second-order valence-corrected chi connectivity index (χ2v) is 16.2. The van der Waals surface area contributed by atoms with E-state index in [1.807, 2.05) is 0 Å². The lowest BCUT2D eigenvalue weighted by atomic mass is 9.96. The molecule has 2 saturated heterocycles. The zero-order valence-electron chi connectivity index (χ0n) is 34.1. The first kappa shape index (κ1) is 44.3. The molecule has 19 heteroatoms. The molecule has 2 amide bonds. The van der Waals surface area contributed by atoms with Gasteiger partial charge in [-0.05, 0) is 110 Å². The number of pyridine rings is 4. The summed E-state index contributed by atoms with van der Waals surface area (Å²) in [5.74, 6) is 1.10. The standard InChI is InChI=1S/C45H38Cl2F6N8O3/c1-29-21-35(46)9-11-37(29)63-42(31-5-3-15-54-23-31)27-58(39-13-7-33(25-56-39)44(48,49)50)17-19-60(42)41(62)61-20-18-59(40-14-8-34(26-57-40)45(51,52)53)28-43(61,32-6-4-16-55-24-32)64-38-12-10-36(47)22-30(38)2/h3-16,21-26H,17-20,27-28H2,1-2H3/t42-,43+. The van der Waals surface area contributed by atoms with Crippen molar-refractivity contribution in [2.75, 3.05) is 49.1 Å². The predicted molar refractivity (Wildman–Crippen MR) is 227 cm³/mol. The number of hydrogen-bond acceptors (Lipinski definition) is 9. The number of alkyl halides is 6. The van der Waals surface area contributed by atoms with Gasteiger partial charge in [0.05, 0.1) is 24.2 Å². The maximum Gasteiger partial charge on any atom is 0.417 e. The van der Waals surface area contributed by atoms with E-state index in [9.17, 15) is 26.3 Å². The lowest BCUT2D eigenvalue weighted by Crippen LogP contribution is -2.72. The monoisotopic (exact) mass is 922 g/mol. The van der Waals surface area contributed by atoms with Crippen LogP contribution < -0.4 is 19.3 Å². The van der Waals surface area contributed by atoms with E-state index in [4.69, 9.17) is 32.7 Å². The number of aromatic nitrogens is 4. The molecule has 4 aromatic heterocycles. The van der Waals surface area contributed by atoms with Gasteiger partial charge in [-0.1, -0.05) is 23.2 Å². The summed E-state index contributed by atoms with van der Waals surface area (Å²) in [6.45, 7) is 3.36. The number of halogens is 8. The van der Waals surface area contributed by atoms with Crippen LogP contribution in [0.25, 0.3) is 0 Å². The summed E-state index contributed by atoms with van der Waals surface area (Å²) in [5, 5.41) is 0.868. The molecule has 6 aromatic rings. The van der Waals surface area contributed by atoms with E-state index >= 15 is 4.79 Å². The highest BCUT2D eigenvalue weighted by molar-refractivity contribution is 6.31. The largest absolute Gasteiger partial charge is 0.461 e. The first-order valence-corrected chi connectivity index (χ1v) is 20.6. The van der Waals surface area contributed by atoms with Gasteiger partial charge >= 0.3 is 18.4 Å². The van der Waals surface area contributed by atoms with Crippen LogP contribution in [0.2, 0.25) is 10.0 Å². The first-order valence-electron chi connectivity index (χ1n) is 19.8. The van der Waals surface area contributed by atoms with Crippen LogP contribution in [0.3, 0.4) is 0 Å². The normalized spacial score (nSPS) is 19.4. The number of rotatable bonds is 8. The van der Waals surface area contributed by atoms with Gasteiger partial charge in [0, 0.05) is 84.5 Å². The summed E-state index contributed by atoms with van der Waals surface area (Å²) >= 11 is 12.8. The van der Waals surface area contributed by atoms with E-state index in [-0.39, 0.29) is 50.9 Å². The van der Waals surface area contributed by atoms with Gasteiger partial charge < -0.3 is 19.3 Å². The van der Waals surface area contributed by atoms with Crippen LogP contribution >= 0.6 is 23.2 Å². The molecule has 0 radical (unpaired) electrons. The second kappa shape index (κ2) is 17.3. The van der Waals surface area contributed by atoms with Gasteiger partial charge in [-0.2, -0.15) is 26.3 Å². The van der Waals surface area contributed by atoms with Crippen LogP contribution in [-0.2, 0) is 23.8 Å². The van der Waals surface area contributed by atoms with Gasteiger partial charge in [-0.25, -0.2) is 14.8 Å². The zero-order valence-corrected chi connectivity index (χ0v) is 35.6. The third-order valence-corrected chi connectivity index (χ3v) is 11.7. The Bertz CT molecular complexity index is 2440. The molecule has 0 aliphatic carbocycles. The van der Waals surface area contributed by atoms with Crippen LogP contribution in [0.1, 0.15) is 33.4 Å². The Morgan fingerprint density at radius 1 is 0.594 bits per heavy atom. The zero-order chi connectivity index (χ0) is 45.4. The summed E-state index contributed by atoms with van der Waals surface area (Å²) in [4.78, 5) is 39.8. The van der Waals surface area contributed by atoms with Crippen molar-refractivity contribution >= 4 is 40.9 Å². The fourth-order valence-electron chi connectivity index (χ4n) is 7.96. The van der Waals surface area contributed by atoms with Gasteiger partial charge in [0.2, 0.25) is 11.4 Å². The van der Waals surface area contributed by atoms with E-state index in [0.717, 1.165) is 24.5 Å². The third-order valence-electron chi connectivity index (χ3n) is 11.2. The molecular weight excluding hydrogens is 885 g/mol. The first-order chi connectivity index (χ1) is 30.5. The summed E-state index contributed by atoms with van der Waals surface area (Å²) in [5.41, 5.74) is -3.28. The van der Waals surface area contributed by atoms with Gasteiger partial charge in [-0.15, -0.1) is 0 Å². The van der Waals surface area contributed by atoms with Crippen LogP contribution in [0.4, 0.5) is 42.8 Å². The fourth-order valence-corrected chi connectivity index (χ4v) is 8.41. The van der Waals surface area contributed by atoms with Gasteiger partial charge in [0.25, 0.3) is 0 Å². The Hall–Kier alpha value is -6.33. The topological polar surface area (TPSA) is 100 Å². The number of aryl methyl sites for hydroxylation is 2. The highest BCUT2D eigenvalue weighted by atomic mass is 35.5. The van der Waals surface area contributed by atoms with Gasteiger partial charge in [-0.3, -0.25) is 19.8 Å². The number of benzene rings is 2. The van der Waals surface area contributed by atoms with E-state index in [0.29, 0.717) is 43.8 Å². The molecule has 2 aliphatic heterocycles. The number of carbonyl (C=O) groups is 1. The van der Waals surface area contributed by atoms with Gasteiger partial charge in [0.15, 0.2) is 0 Å². The number of nitrogens with zero attached hydrogens (tertiary/aromatic N) is 8. The minimum atomic E-state index is -4.62. The SMILES string of the molecule is Cc1cc(Cl)ccc1O[C@]1(c2cccnc2)CN(c2ccc(C(F)(F)F)cn2)CCN1C(=O)N1CCN(c2ccc(C(F)(F)F)cn2)C[C@@]1(Oc1ccc(Cl)cc1C)c1cccnc1. The number of urea groups is 1. The number of ether oxygens (including phenoxy) is 2. The van der Waals surface area contributed by atoms with Crippen molar-refractivity contribution in [3.05, 3.63) is 166 Å². The number of amides is 2. The Labute approximate surface area is 373 Å². The second-order valence-electron chi connectivity index (χ2n) is 15.3. The minimum absolute atomic E-state index is 0.0627. The highest BCUT2D eigenvalue weighted by Crippen LogP contribution is 2.44. The molecule has 11 nitrogen and oxygen atoms in total. The highest BCUT2D eigenvalue weighted by Gasteiger charge is 2.56. The van der Waals surface area contributed by atoms with Gasteiger partial charge in [0.1, 0.15) is 23.1 Å². The lowest BCUT2D eigenvalue weighted by Gasteiger charge is -2.55. The molecule has 2 atom stereocenters. The Morgan fingerprint density at radius 3 is 1.34 bits per heavy atom. The van der Waals surface area contributed by atoms with Crippen molar-refractivity contribution in [2.45, 2.75) is 37.7 Å². The molecule has 2 aliphatic rings. The predicted octanol–water partition coefficient (Wildman–Crippen LogP) is 10.2. The number of carbonyl (C=O) groups excluding carboxylic acids is 1.